The number of rotatable bonds is 18. The zero-order valence-corrected chi connectivity index (χ0v) is 31.4. The van der Waals surface area contributed by atoms with E-state index in [2.05, 4.69) is 10.6 Å². The third-order valence-electron chi connectivity index (χ3n) is 8.23. The Morgan fingerprint density at radius 2 is 0.765 bits per heavy atom. The van der Waals surface area contributed by atoms with Crippen LogP contribution >= 0.6 is 0 Å². The van der Waals surface area contributed by atoms with E-state index in [1.807, 2.05) is 76.2 Å². The summed E-state index contributed by atoms with van der Waals surface area (Å²) in [4.78, 5) is 26.1. The molecule has 0 aliphatic carbocycles. The molecule has 0 radical (unpaired) electrons. The van der Waals surface area contributed by atoms with Crippen LogP contribution in [0.25, 0.3) is 0 Å². The zero-order chi connectivity index (χ0) is 37.0. The van der Waals surface area contributed by atoms with Crippen LogP contribution < -0.4 is 10.6 Å². The lowest BCUT2D eigenvalue weighted by Crippen LogP contribution is -2.32. The lowest BCUT2D eigenvalue weighted by Gasteiger charge is -2.21. The van der Waals surface area contributed by atoms with Gasteiger partial charge < -0.3 is 10.6 Å². The highest BCUT2D eigenvalue weighted by molar-refractivity contribution is 7.89. The number of nitrogens with zero attached hydrogens (tertiary/aromatic N) is 2. The summed E-state index contributed by atoms with van der Waals surface area (Å²) < 4.78 is 55.1. The average Bonchev–Trinajstić information content (AvgIpc) is 3.13. The van der Waals surface area contributed by atoms with Gasteiger partial charge in [0, 0.05) is 48.7 Å². The normalized spacial score (nSPS) is 11.9. The molecule has 4 aromatic rings. The number of benzene rings is 4. The maximum atomic E-state index is 13.0. The Kier molecular flexibility index (Phi) is 14.1. The fourth-order valence-corrected chi connectivity index (χ4v) is 8.86. The summed E-state index contributed by atoms with van der Waals surface area (Å²) in [6.07, 6.45) is 3.51. The minimum Gasteiger partial charge on any atom is -0.322 e. The second kappa shape index (κ2) is 18.2. The molecule has 0 bridgehead atoms. The predicted octanol–water partition coefficient (Wildman–Crippen LogP) is 7.40. The molecule has 0 aliphatic rings. The first-order chi connectivity index (χ1) is 24.4. The van der Waals surface area contributed by atoms with Crippen LogP contribution in [0.4, 0.5) is 11.4 Å². The molecule has 0 heterocycles. The molecule has 4 rings (SSSR count). The van der Waals surface area contributed by atoms with Gasteiger partial charge in [-0.05, 0) is 116 Å². The third-order valence-corrected chi connectivity index (χ3v) is 12.1. The molecule has 0 saturated carbocycles. The van der Waals surface area contributed by atoms with Crippen molar-refractivity contribution in [2.75, 3.05) is 36.8 Å². The van der Waals surface area contributed by atoms with E-state index in [9.17, 15) is 26.4 Å². The summed E-state index contributed by atoms with van der Waals surface area (Å²) in [7, 11) is -7.25. The highest BCUT2D eigenvalue weighted by Gasteiger charge is 2.24. The van der Waals surface area contributed by atoms with Crippen molar-refractivity contribution in [3.63, 3.8) is 0 Å². The Morgan fingerprint density at radius 3 is 1.04 bits per heavy atom. The Morgan fingerprint density at radius 1 is 0.471 bits per heavy atom. The van der Waals surface area contributed by atoms with Gasteiger partial charge in [-0.3, -0.25) is 9.59 Å². The van der Waals surface area contributed by atoms with Crippen molar-refractivity contribution in [3.8, 4) is 0 Å². The van der Waals surface area contributed by atoms with Crippen molar-refractivity contribution >= 4 is 43.2 Å². The van der Waals surface area contributed by atoms with Gasteiger partial charge in [-0.15, -0.1) is 0 Å². The quantitative estimate of drug-likeness (QED) is 0.110. The monoisotopic (exact) mass is 732 g/mol. The van der Waals surface area contributed by atoms with E-state index < -0.39 is 20.0 Å². The predicted molar refractivity (Wildman–Crippen MR) is 203 cm³/mol. The molecule has 12 heteroatoms. The molecule has 0 saturated heterocycles. The highest BCUT2D eigenvalue weighted by atomic mass is 32.2. The summed E-state index contributed by atoms with van der Waals surface area (Å²) >= 11 is 0. The maximum Gasteiger partial charge on any atom is 0.255 e. The molecular formula is C39H48N4O6S2. The van der Waals surface area contributed by atoms with E-state index in [-0.39, 0.29) is 21.6 Å². The lowest BCUT2D eigenvalue weighted by molar-refractivity contribution is 0.101. The van der Waals surface area contributed by atoms with Crippen molar-refractivity contribution in [2.24, 2.45) is 0 Å². The molecule has 0 aromatic heterocycles. The average molecular weight is 733 g/mol. The number of hydrogen-bond acceptors (Lipinski definition) is 6. The van der Waals surface area contributed by atoms with Gasteiger partial charge in [0.1, 0.15) is 0 Å². The minimum absolute atomic E-state index is 0.169. The molecule has 4 aromatic carbocycles. The van der Waals surface area contributed by atoms with E-state index in [1.54, 1.807) is 0 Å². The molecule has 10 nitrogen and oxygen atoms in total. The molecule has 2 amide bonds. The maximum absolute atomic E-state index is 13.0. The van der Waals surface area contributed by atoms with Gasteiger partial charge in [0.15, 0.2) is 0 Å². The van der Waals surface area contributed by atoms with Crippen LogP contribution in [0, 0.1) is 0 Å². The topological polar surface area (TPSA) is 133 Å². The molecule has 0 aliphatic heterocycles. The van der Waals surface area contributed by atoms with E-state index in [0.29, 0.717) is 55.1 Å². The number of carbonyl (C=O) groups excluding carboxylic acids is 2. The minimum atomic E-state index is -3.62. The van der Waals surface area contributed by atoms with Gasteiger partial charge in [-0.2, -0.15) is 8.61 Å². The smallest absolute Gasteiger partial charge is 0.255 e. The van der Waals surface area contributed by atoms with Crippen LogP contribution in [0.3, 0.4) is 0 Å². The molecule has 0 atom stereocenters. The molecule has 0 unspecified atom stereocenters. The van der Waals surface area contributed by atoms with Gasteiger partial charge in [-0.1, -0.05) is 52.0 Å². The first-order valence-corrected chi connectivity index (χ1v) is 20.3. The third kappa shape index (κ3) is 10.4. The number of amides is 2. The standard InChI is InChI=1S/C39H48N4O6S2/c1-5-25-42(26-6-2)50(46,47)36-21-13-32(14-22-36)38(44)40-34-17-9-30(10-18-34)29-31-11-19-35(20-12-31)41-39(45)33-15-23-37(24-16-33)51(48,49)43(27-7-3)28-8-4/h9-24H,5-8,25-29H2,1-4H3,(H,40,44)(H,41,45). The van der Waals surface area contributed by atoms with Gasteiger partial charge in [0.05, 0.1) is 9.79 Å². The molecule has 0 spiro atoms. The van der Waals surface area contributed by atoms with Crippen LogP contribution in [-0.4, -0.2) is 63.4 Å². The molecular weight excluding hydrogens is 685 g/mol. The van der Waals surface area contributed by atoms with E-state index in [1.165, 1.54) is 57.1 Å². The number of nitrogens with one attached hydrogen (secondary N) is 2. The highest BCUT2D eigenvalue weighted by Crippen LogP contribution is 2.21. The van der Waals surface area contributed by atoms with Crippen LogP contribution in [-0.2, 0) is 26.5 Å². The Bertz CT molecular complexity index is 1810. The zero-order valence-electron chi connectivity index (χ0n) is 29.8. The lowest BCUT2D eigenvalue weighted by atomic mass is 10.0. The van der Waals surface area contributed by atoms with Gasteiger partial charge >= 0.3 is 0 Å². The number of anilines is 2. The van der Waals surface area contributed by atoms with Gasteiger partial charge in [-0.25, -0.2) is 16.8 Å². The van der Waals surface area contributed by atoms with Crippen LogP contribution in [0.2, 0.25) is 0 Å². The second-order valence-electron chi connectivity index (χ2n) is 12.3. The number of hydrogen-bond donors (Lipinski definition) is 2. The molecule has 0 fully saturated rings. The molecule has 51 heavy (non-hydrogen) atoms. The Hall–Kier alpha value is -4.36. The van der Waals surface area contributed by atoms with Crippen molar-refractivity contribution in [1.29, 1.82) is 0 Å². The van der Waals surface area contributed by atoms with Crippen molar-refractivity contribution in [2.45, 2.75) is 69.6 Å². The van der Waals surface area contributed by atoms with E-state index in [4.69, 9.17) is 0 Å². The summed E-state index contributed by atoms with van der Waals surface area (Å²) in [6, 6.07) is 27.0. The van der Waals surface area contributed by atoms with E-state index >= 15 is 0 Å². The summed E-state index contributed by atoms with van der Waals surface area (Å²) in [6.45, 7) is 9.56. The van der Waals surface area contributed by atoms with Crippen LogP contribution in [0.1, 0.15) is 85.2 Å². The summed E-state index contributed by atoms with van der Waals surface area (Å²) in [5.41, 5.74) is 3.98. The van der Waals surface area contributed by atoms with Crippen molar-refractivity contribution in [3.05, 3.63) is 119 Å². The second-order valence-corrected chi connectivity index (χ2v) is 16.2. The van der Waals surface area contributed by atoms with Gasteiger partial charge in [0.25, 0.3) is 11.8 Å². The first-order valence-electron chi connectivity index (χ1n) is 17.4. The molecule has 272 valence electrons. The van der Waals surface area contributed by atoms with Crippen LogP contribution in [0.15, 0.2) is 107 Å². The fraction of sp³-hybridized carbons (Fsp3) is 0.333. The van der Waals surface area contributed by atoms with Gasteiger partial charge in [0.2, 0.25) is 20.0 Å². The van der Waals surface area contributed by atoms with Crippen molar-refractivity contribution < 1.29 is 26.4 Å². The summed E-state index contributed by atoms with van der Waals surface area (Å²) in [5.74, 6) is -0.676. The Labute approximate surface area is 303 Å². The first kappa shape index (κ1) is 39.4. The van der Waals surface area contributed by atoms with Crippen molar-refractivity contribution in [1.82, 2.24) is 8.61 Å². The number of sulfonamides is 2. The fourth-order valence-electron chi connectivity index (χ4n) is 5.61. The van der Waals surface area contributed by atoms with E-state index in [0.717, 1.165) is 36.8 Å². The SMILES string of the molecule is CCCN(CCC)S(=O)(=O)c1ccc(C(=O)Nc2ccc(Cc3ccc(NC(=O)c4ccc(S(=O)(=O)N(CCC)CCC)cc4)cc3)cc2)cc1. The largest absolute Gasteiger partial charge is 0.322 e. The summed E-state index contributed by atoms with van der Waals surface area (Å²) in [5, 5.41) is 5.73. The number of carbonyl (C=O) groups is 2. The Balaban J connectivity index is 1.31. The molecule has 2 N–H and O–H groups in total. The van der Waals surface area contributed by atoms with Crippen LogP contribution in [0.5, 0.6) is 0 Å².